The van der Waals surface area contributed by atoms with Gasteiger partial charge in [-0.1, -0.05) is 79.2 Å². The Hall–Kier alpha value is -4.45. The lowest BCUT2D eigenvalue weighted by molar-refractivity contribution is 0.221. The molecule has 0 radical (unpaired) electrons. The minimum atomic E-state index is -0.0622. The van der Waals surface area contributed by atoms with Gasteiger partial charge in [0.25, 0.3) is 5.56 Å². The molecule has 1 aliphatic heterocycles. The summed E-state index contributed by atoms with van der Waals surface area (Å²) in [5.74, 6) is 0. The first kappa shape index (κ1) is 29.3. The lowest BCUT2D eigenvalue weighted by Gasteiger charge is -2.26. The highest BCUT2D eigenvalue weighted by molar-refractivity contribution is 5.89. The molecule has 0 unspecified atom stereocenters. The van der Waals surface area contributed by atoms with Crippen molar-refractivity contribution in [2.24, 2.45) is 0 Å². The lowest BCUT2D eigenvalue weighted by Crippen LogP contribution is -2.28. The highest BCUT2D eigenvalue weighted by atomic mass is 16.1. The second-order valence-corrected chi connectivity index (χ2v) is 12.7. The van der Waals surface area contributed by atoms with Gasteiger partial charge in [-0.2, -0.15) is 0 Å². The molecule has 2 N–H and O–H groups in total. The molecule has 228 valence electrons. The van der Waals surface area contributed by atoms with Crippen molar-refractivity contribution in [3.05, 3.63) is 142 Å². The monoisotopic (exact) mass is 594 g/mol. The number of H-pyrrole nitrogens is 2. The zero-order chi connectivity index (χ0) is 30.4. The molecule has 0 amide bonds. The van der Waals surface area contributed by atoms with Crippen molar-refractivity contribution in [3.63, 3.8) is 0 Å². The summed E-state index contributed by atoms with van der Waals surface area (Å²) in [4.78, 5) is 24.9. The number of pyridine rings is 1. The van der Waals surface area contributed by atoms with Crippen LogP contribution in [0.4, 0.5) is 0 Å². The van der Waals surface area contributed by atoms with E-state index in [1.54, 1.807) is 0 Å². The van der Waals surface area contributed by atoms with Gasteiger partial charge < -0.3 is 9.97 Å². The van der Waals surface area contributed by atoms with Crippen LogP contribution >= 0.6 is 0 Å². The summed E-state index contributed by atoms with van der Waals surface area (Å²) < 4.78 is 0. The van der Waals surface area contributed by atoms with Crippen LogP contribution in [0.5, 0.6) is 0 Å². The minimum absolute atomic E-state index is 0.0622. The Morgan fingerprint density at radius 3 is 1.96 bits per heavy atom. The average Bonchev–Trinajstić information content (AvgIpc) is 3.49. The van der Waals surface area contributed by atoms with Crippen molar-refractivity contribution in [3.8, 4) is 11.3 Å². The normalized spacial score (nSPS) is 14.1. The summed E-state index contributed by atoms with van der Waals surface area (Å²) in [7, 11) is 0. The summed E-state index contributed by atoms with van der Waals surface area (Å²) in [5, 5.41) is 2.22. The van der Waals surface area contributed by atoms with Crippen LogP contribution in [0.15, 0.2) is 114 Å². The molecule has 1 saturated heterocycles. The molecule has 1 aliphatic rings. The number of likely N-dealkylation sites (tertiary alicyclic amines) is 1. The number of aryl methyl sites for hydroxylation is 1. The molecule has 0 spiro atoms. The maximum atomic E-state index is 13.2. The topological polar surface area (TPSA) is 55.1 Å². The van der Waals surface area contributed by atoms with Gasteiger partial charge in [-0.3, -0.25) is 14.6 Å². The molecule has 6 aromatic rings. The molecule has 1 fully saturated rings. The quantitative estimate of drug-likeness (QED) is 0.159. The van der Waals surface area contributed by atoms with E-state index in [2.05, 4.69) is 123 Å². The Morgan fingerprint density at radius 2 is 1.24 bits per heavy atom. The second kappa shape index (κ2) is 13.7. The molecule has 0 aliphatic carbocycles. The van der Waals surface area contributed by atoms with Crippen LogP contribution in [-0.4, -0.2) is 39.4 Å². The summed E-state index contributed by atoms with van der Waals surface area (Å²) >= 11 is 0. The lowest BCUT2D eigenvalue weighted by atomic mass is 10.0. The van der Waals surface area contributed by atoms with E-state index in [1.807, 2.05) is 6.07 Å². The summed E-state index contributed by atoms with van der Waals surface area (Å²) in [5.41, 5.74) is 8.73. The number of piperidine rings is 1. The number of fused-ring (bicyclic) bond motifs is 2. The Labute approximate surface area is 265 Å². The van der Waals surface area contributed by atoms with E-state index in [9.17, 15) is 4.79 Å². The molecule has 7 rings (SSSR count). The van der Waals surface area contributed by atoms with Gasteiger partial charge in [-0.05, 0) is 109 Å². The molecular formula is C40H42N4O. The van der Waals surface area contributed by atoms with E-state index in [4.69, 9.17) is 0 Å². The number of nitrogens with zero attached hydrogens (tertiary/aromatic N) is 2. The van der Waals surface area contributed by atoms with Gasteiger partial charge in [0.15, 0.2) is 0 Å². The molecule has 3 heterocycles. The molecule has 45 heavy (non-hydrogen) atoms. The Kier molecular flexibility index (Phi) is 8.90. The van der Waals surface area contributed by atoms with Crippen LogP contribution in [0.2, 0.25) is 0 Å². The van der Waals surface area contributed by atoms with E-state index in [0.29, 0.717) is 5.56 Å². The van der Waals surface area contributed by atoms with E-state index in [-0.39, 0.29) is 5.56 Å². The molecule has 0 atom stereocenters. The van der Waals surface area contributed by atoms with Crippen LogP contribution in [0.25, 0.3) is 33.1 Å². The fourth-order valence-electron chi connectivity index (χ4n) is 6.82. The van der Waals surface area contributed by atoms with Crippen molar-refractivity contribution in [2.45, 2.75) is 51.7 Å². The number of benzene rings is 4. The van der Waals surface area contributed by atoms with Gasteiger partial charge in [0, 0.05) is 36.1 Å². The smallest absolute Gasteiger partial charge is 0.257 e. The third-order valence-corrected chi connectivity index (χ3v) is 9.18. The minimum Gasteiger partial charge on any atom is -0.354 e. The SMILES string of the molecule is O=c1[nH]c2ccc(CCCN(Cc3ccccc3)Cc3ccccc3)cc2cc1-c1cc2cc(CN3CCCCC3)ccc2[nH]1. The fraction of sp³-hybridized carbons (Fsp3) is 0.275. The van der Waals surface area contributed by atoms with Crippen molar-refractivity contribution in [1.29, 1.82) is 0 Å². The van der Waals surface area contributed by atoms with Gasteiger partial charge in [0.05, 0.1) is 11.3 Å². The maximum absolute atomic E-state index is 13.2. The van der Waals surface area contributed by atoms with Crippen molar-refractivity contribution in [2.75, 3.05) is 19.6 Å². The zero-order valence-corrected chi connectivity index (χ0v) is 26.0. The van der Waals surface area contributed by atoms with Crippen molar-refractivity contribution < 1.29 is 0 Å². The highest BCUT2D eigenvalue weighted by Crippen LogP contribution is 2.26. The number of aromatic amines is 2. The van der Waals surface area contributed by atoms with E-state index < -0.39 is 0 Å². The molecule has 0 bridgehead atoms. The number of rotatable bonds is 11. The van der Waals surface area contributed by atoms with Crippen LogP contribution in [-0.2, 0) is 26.1 Å². The Balaban J connectivity index is 1.06. The van der Waals surface area contributed by atoms with Crippen molar-refractivity contribution >= 4 is 21.8 Å². The number of hydrogen-bond donors (Lipinski definition) is 2. The second-order valence-electron chi connectivity index (χ2n) is 12.7. The van der Waals surface area contributed by atoms with Gasteiger partial charge in [-0.15, -0.1) is 0 Å². The third-order valence-electron chi connectivity index (χ3n) is 9.18. The van der Waals surface area contributed by atoms with Crippen LogP contribution < -0.4 is 5.56 Å². The van der Waals surface area contributed by atoms with E-state index in [1.165, 1.54) is 54.6 Å². The Morgan fingerprint density at radius 1 is 0.622 bits per heavy atom. The molecule has 5 nitrogen and oxygen atoms in total. The zero-order valence-electron chi connectivity index (χ0n) is 26.0. The maximum Gasteiger partial charge on any atom is 0.257 e. The average molecular weight is 595 g/mol. The van der Waals surface area contributed by atoms with Gasteiger partial charge in [0.1, 0.15) is 0 Å². The largest absolute Gasteiger partial charge is 0.354 e. The van der Waals surface area contributed by atoms with E-state index >= 15 is 0 Å². The van der Waals surface area contributed by atoms with Gasteiger partial charge in [-0.25, -0.2) is 0 Å². The van der Waals surface area contributed by atoms with Gasteiger partial charge >= 0.3 is 0 Å². The number of nitrogens with one attached hydrogen (secondary N) is 2. The van der Waals surface area contributed by atoms with Gasteiger partial charge in [0.2, 0.25) is 0 Å². The standard InChI is InChI=1S/C40H42N4O/c45-40-36(39-26-35-24-33(17-19-37(35)41-39)29-43-20-8-3-9-21-43)25-34-23-30(16-18-38(34)42-40)15-10-22-44(27-31-11-4-1-5-12-31)28-32-13-6-2-7-14-32/h1-2,4-7,11-14,16-19,23-26,41H,3,8-10,15,20-22,27-29H2,(H,42,45). The first-order chi connectivity index (χ1) is 22.2. The van der Waals surface area contributed by atoms with Crippen LogP contribution in [0, 0.1) is 0 Å². The Bertz CT molecular complexity index is 1880. The number of hydrogen-bond acceptors (Lipinski definition) is 3. The first-order valence-electron chi connectivity index (χ1n) is 16.5. The van der Waals surface area contributed by atoms with E-state index in [0.717, 1.165) is 66.5 Å². The predicted octanol–water partition coefficient (Wildman–Crippen LogP) is 8.30. The van der Waals surface area contributed by atoms with Crippen molar-refractivity contribution in [1.82, 2.24) is 19.8 Å². The summed E-state index contributed by atoms with van der Waals surface area (Å²) in [6, 6.07) is 38.7. The number of aromatic nitrogens is 2. The fourth-order valence-corrected chi connectivity index (χ4v) is 6.82. The van der Waals surface area contributed by atoms with Crippen LogP contribution in [0.1, 0.15) is 47.9 Å². The molecule has 5 heteroatoms. The predicted molar refractivity (Wildman–Crippen MR) is 186 cm³/mol. The molecule has 4 aromatic carbocycles. The molecular weight excluding hydrogens is 552 g/mol. The van der Waals surface area contributed by atoms with Crippen LogP contribution in [0.3, 0.4) is 0 Å². The molecule has 2 aromatic heterocycles. The summed E-state index contributed by atoms with van der Waals surface area (Å²) in [6.07, 6.45) is 5.98. The molecule has 0 saturated carbocycles. The third kappa shape index (κ3) is 7.28. The highest BCUT2D eigenvalue weighted by Gasteiger charge is 2.14. The first-order valence-corrected chi connectivity index (χ1v) is 16.5. The summed E-state index contributed by atoms with van der Waals surface area (Å²) in [6.45, 7) is 6.24.